The first kappa shape index (κ1) is 8.72. The molecule has 0 fully saturated rings. The van der Waals surface area contributed by atoms with Crippen LogP contribution >= 0.6 is 0 Å². The van der Waals surface area contributed by atoms with E-state index in [1.165, 1.54) is 5.56 Å². The molecule has 0 saturated carbocycles. The van der Waals surface area contributed by atoms with Gasteiger partial charge in [0.05, 0.1) is 0 Å². The molecule has 0 heterocycles. The number of allylic oxidation sites excluding steroid dienone is 1. The van der Waals surface area contributed by atoms with Crippen molar-refractivity contribution in [2.24, 2.45) is 0 Å². The molecule has 1 unspecified atom stereocenters. The molecule has 0 spiro atoms. The van der Waals surface area contributed by atoms with Gasteiger partial charge in [-0.2, -0.15) is 0 Å². The number of hydrogen-bond acceptors (Lipinski definition) is 1. The normalized spacial score (nSPS) is 12.1. The van der Waals surface area contributed by atoms with Crippen LogP contribution in [0.1, 0.15) is 18.4 Å². The van der Waals surface area contributed by atoms with E-state index in [1.807, 2.05) is 37.3 Å². The third kappa shape index (κ3) is 1.82. The molecule has 62 valence electrons. The summed E-state index contributed by atoms with van der Waals surface area (Å²) >= 11 is 0. The molecule has 0 aliphatic rings. The van der Waals surface area contributed by atoms with E-state index < -0.39 is 0 Å². The molecule has 0 radical (unpaired) electrons. The quantitative estimate of drug-likeness (QED) is 0.655. The highest BCUT2D eigenvalue weighted by Gasteiger charge is 2.06. The minimum atomic E-state index is 0.156. The Morgan fingerprint density at radius 2 is 2.00 bits per heavy atom. The van der Waals surface area contributed by atoms with Gasteiger partial charge in [0.2, 0.25) is 0 Å². The molecule has 0 aliphatic heterocycles. The summed E-state index contributed by atoms with van der Waals surface area (Å²) in [5, 5.41) is 7.56. The second kappa shape index (κ2) is 3.86. The van der Waals surface area contributed by atoms with Crippen LogP contribution in [0.5, 0.6) is 0 Å². The van der Waals surface area contributed by atoms with E-state index in [0.717, 1.165) is 0 Å². The van der Waals surface area contributed by atoms with Crippen LogP contribution in [0.4, 0.5) is 0 Å². The summed E-state index contributed by atoms with van der Waals surface area (Å²) in [6.07, 6.45) is 1.59. The van der Waals surface area contributed by atoms with Crippen LogP contribution in [-0.2, 0) is 0 Å². The van der Waals surface area contributed by atoms with Gasteiger partial charge in [0.1, 0.15) is 0 Å². The van der Waals surface area contributed by atoms with Crippen LogP contribution in [0.2, 0.25) is 0 Å². The van der Waals surface area contributed by atoms with Gasteiger partial charge >= 0.3 is 0 Å². The number of nitrogens with one attached hydrogen (secondary N) is 1. The molecule has 1 N–H and O–H groups in total. The van der Waals surface area contributed by atoms with E-state index in [2.05, 4.69) is 6.58 Å². The van der Waals surface area contributed by atoms with Crippen molar-refractivity contribution < 1.29 is 0 Å². The molecule has 1 heteroatoms. The van der Waals surface area contributed by atoms with Gasteiger partial charge in [-0.15, -0.1) is 0 Å². The second-order valence-electron chi connectivity index (χ2n) is 2.79. The predicted octanol–water partition coefficient (Wildman–Crippen LogP) is 3.00. The molecule has 0 aliphatic carbocycles. The van der Waals surface area contributed by atoms with E-state index in [9.17, 15) is 0 Å². The minimum absolute atomic E-state index is 0.156. The lowest BCUT2D eigenvalue weighted by atomic mass is 9.96. The maximum Gasteiger partial charge on any atom is 0.0380 e. The lowest BCUT2D eigenvalue weighted by Crippen LogP contribution is -2.03. The van der Waals surface area contributed by atoms with Crippen molar-refractivity contribution in [2.45, 2.75) is 12.8 Å². The van der Waals surface area contributed by atoms with Crippen LogP contribution in [-0.4, -0.2) is 5.71 Å². The zero-order valence-electron chi connectivity index (χ0n) is 7.25. The van der Waals surface area contributed by atoms with Gasteiger partial charge in [-0.05, 0) is 11.6 Å². The zero-order valence-corrected chi connectivity index (χ0v) is 7.25. The number of rotatable bonds is 3. The van der Waals surface area contributed by atoms with Crippen molar-refractivity contribution in [1.82, 2.24) is 0 Å². The molecule has 0 bridgehead atoms. The molecule has 1 aromatic rings. The van der Waals surface area contributed by atoms with E-state index in [0.29, 0.717) is 5.71 Å². The number of benzene rings is 1. The highest BCUT2D eigenvalue weighted by molar-refractivity contribution is 5.96. The SMILES string of the molecule is C=CC(=N)C(C)c1ccccc1. The lowest BCUT2D eigenvalue weighted by Gasteiger charge is -2.09. The Balaban J connectivity index is 2.85. The molecule has 1 rings (SSSR count). The maximum absolute atomic E-state index is 7.56. The van der Waals surface area contributed by atoms with Gasteiger partial charge < -0.3 is 5.41 Å². The summed E-state index contributed by atoms with van der Waals surface area (Å²) in [4.78, 5) is 0. The number of hydrogen-bond donors (Lipinski definition) is 1. The maximum atomic E-state index is 7.56. The van der Waals surface area contributed by atoms with Gasteiger partial charge in [-0.1, -0.05) is 43.8 Å². The summed E-state index contributed by atoms with van der Waals surface area (Å²) < 4.78 is 0. The smallest absolute Gasteiger partial charge is 0.0380 e. The highest BCUT2D eigenvalue weighted by atomic mass is 14.4. The van der Waals surface area contributed by atoms with Gasteiger partial charge in [-0.25, -0.2) is 0 Å². The predicted molar refractivity (Wildman–Crippen MR) is 52.8 cm³/mol. The van der Waals surface area contributed by atoms with Crippen molar-refractivity contribution in [1.29, 1.82) is 5.41 Å². The zero-order chi connectivity index (χ0) is 8.97. The second-order valence-corrected chi connectivity index (χ2v) is 2.79. The molecule has 1 atom stereocenters. The van der Waals surface area contributed by atoms with Crippen LogP contribution < -0.4 is 0 Å². The third-order valence-corrected chi connectivity index (χ3v) is 1.99. The Morgan fingerprint density at radius 1 is 1.42 bits per heavy atom. The van der Waals surface area contributed by atoms with Crippen molar-refractivity contribution in [2.75, 3.05) is 0 Å². The van der Waals surface area contributed by atoms with E-state index in [4.69, 9.17) is 5.41 Å². The fourth-order valence-corrected chi connectivity index (χ4v) is 1.10. The first-order chi connectivity index (χ1) is 5.75. The van der Waals surface area contributed by atoms with Gasteiger partial charge in [0.15, 0.2) is 0 Å². The Bertz CT molecular complexity index is 274. The Kier molecular flexibility index (Phi) is 2.81. The molecular weight excluding hydrogens is 146 g/mol. The van der Waals surface area contributed by atoms with Gasteiger partial charge in [-0.3, -0.25) is 0 Å². The van der Waals surface area contributed by atoms with Crippen LogP contribution in [0.3, 0.4) is 0 Å². The van der Waals surface area contributed by atoms with Gasteiger partial charge in [0, 0.05) is 11.6 Å². The fourth-order valence-electron chi connectivity index (χ4n) is 1.10. The summed E-state index contributed by atoms with van der Waals surface area (Å²) in [5.41, 5.74) is 1.74. The Labute approximate surface area is 73.3 Å². The fraction of sp³-hybridized carbons (Fsp3) is 0.182. The molecule has 1 aromatic carbocycles. The van der Waals surface area contributed by atoms with E-state index in [-0.39, 0.29) is 5.92 Å². The topological polar surface area (TPSA) is 23.9 Å². The summed E-state index contributed by atoms with van der Waals surface area (Å²) in [5.74, 6) is 0.156. The van der Waals surface area contributed by atoms with E-state index >= 15 is 0 Å². The monoisotopic (exact) mass is 159 g/mol. The largest absolute Gasteiger partial charge is 0.305 e. The Morgan fingerprint density at radius 3 is 2.50 bits per heavy atom. The van der Waals surface area contributed by atoms with Crippen molar-refractivity contribution in [3.05, 3.63) is 48.6 Å². The molecule has 1 nitrogen and oxygen atoms in total. The first-order valence-corrected chi connectivity index (χ1v) is 4.01. The summed E-state index contributed by atoms with van der Waals surface area (Å²) in [6.45, 7) is 5.60. The average Bonchev–Trinajstić information content (AvgIpc) is 2.17. The molecule has 0 aromatic heterocycles. The Hall–Kier alpha value is -1.37. The van der Waals surface area contributed by atoms with Crippen LogP contribution in [0.25, 0.3) is 0 Å². The summed E-state index contributed by atoms with van der Waals surface area (Å²) in [7, 11) is 0. The average molecular weight is 159 g/mol. The van der Waals surface area contributed by atoms with Crippen molar-refractivity contribution in [3.63, 3.8) is 0 Å². The lowest BCUT2D eigenvalue weighted by molar-refractivity contribution is 1.01. The van der Waals surface area contributed by atoms with Crippen molar-refractivity contribution in [3.8, 4) is 0 Å². The highest BCUT2D eigenvalue weighted by Crippen LogP contribution is 2.15. The molecule has 0 amide bonds. The summed E-state index contributed by atoms with van der Waals surface area (Å²) in [6, 6.07) is 10.0. The van der Waals surface area contributed by atoms with Crippen LogP contribution in [0, 0.1) is 5.41 Å². The third-order valence-electron chi connectivity index (χ3n) is 1.99. The first-order valence-electron chi connectivity index (χ1n) is 4.01. The van der Waals surface area contributed by atoms with Gasteiger partial charge in [0.25, 0.3) is 0 Å². The molecular formula is C11H13N. The minimum Gasteiger partial charge on any atom is -0.305 e. The standard InChI is InChI=1S/C11H13N/c1-3-11(12)9(2)10-7-5-4-6-8-10/h3-9,12H,1H2,2H3. The molecule has 0 saturated heterocycles. The van der Waals surface area contributed by atoms with Crippen LogP contribution in [0.15, 0.2) is 43.0 Å². The van der Waals surface area contributed by atoms with E-state index in [1.54, 1.807) is 6.08 Å². The molecule has 12 heavy (non-hydrogen) atoms. The van der Waals surface area contributed by atoms with Crippen molar-refractivity contribution >= 4 is 5.71 Å².